The van der Waals surface area contributed by atoms with Gasteiger partial charge in [-0.25, -0.2) is 4.68 Å². The standard InChI is InChI=1S/C21H27N5O/c1-7-25-16(4)19(14(2)22-25)13-24(6)21(27)20-15(3)23-26(17(20)5)18-11-9-8-10-12-18/h8-12H,7,13H2,1-6H3. The van der Waals surface area contributed by atoms with Gasteiger partial charge in [-0.3, -0.25) is 9.48 Å². The van der Waals surface area contributed by atoms with E-state index in [0.29, 0.717) is 12.1 Å². The molecule has 142 valence electrons. The molecule has 3 rings (SSSR count). The fourth-order valence-corrected chi connectivity index (χ4v) is 3.54. The van der Waals surface area contributed by atoms with Gasteiger partial charge >= 0.3 is 0 Å². The third-order valence-corrected chi connectivity index (χ3v) is 5.08. The van der Waals surface area contributed by atoms with Crippen LogP contribution in [0.1, 0.15) is 45.6 Å². The number of benzene rings is 1. The molecule has 6 heteroatoms. The van der Waals surface area contributed by atoms with Crippen LogP contribution in [0.2, 0.25) is 0 Å². The summed E-state index contributed by atoms with van der Waals surface area (Å²) in [6.07, 6.45) is 0. The molecule has 0 radical (unpaired) electrons. The van der Waals surface area contributed by atoms with Gasteiger partial charge in [-0.15, -0.1) is 0 Å². The molecule has 2 heterocycles. The predicted octanol–water partition coefficient (Wildman–Crippen LogP) is 3.59. The van der Waals surface area contributed by atoms with Crippen molar-refractivity contribution in [1.29, 1.82) is 0 Å². The van der Waals surface area contributed by atoms with Crippen molar-refractivity contribution in [2.24, 2.45) is 0 Å². The molecule has 0 fully saturated rings. The Morgan fingerprint density at radius 2 is 1.67 bits per heavy atom. The molecular formula is C21H27N5O. The Morgan fingerprint density at radius 1 is 1.00 bits per heavy atom. The van der Waals surface area contributed by atoms with E-state index in [1.54, 1.807) is 4.90 Å². The normalized spacial score (nSPS) is 11.0. The van der Waals surface area contributed by atoms with Gasteiger partial charge in [0.2, 0.25) is 0 Å². The van der Waals surface area contributed by atoms with Gasteiger partial charge in [0.05, 0.1) is 28.3 Å². The smallest absolute Gasteiger partial charge is 0.257 e. The summed E-state index contributed by atoms with van der Waals surface area (Å²) < 4.78 is 3.81. The summed E-state index contributed by atoms with van der Waals surface area (Å²) in [5.74, 6) is -0.0183. The van der Waals surface area contributed by atoms with Crippen molar-refractivity contribution in [2.75, 3.05) is 7.05 Å². The lowest BCUT2D eigenvalue weighted by Crippen LogP contribution is -2.27. The fraction of sp³-hybridized carbons (Fsp3) is 0.381. The Balaban J connectivity index is 1.90. The predicted molar refractivity (Wildman–Crippen MR) is 106 cm³/mol. The van der Waals surface area contributed by atoms with Crippen molar-refractivity contribution >= 4 is 5.91 Å². The van der Waals surface area contributed by atoms with Gasteiger partial charge in [0.25, 0.3) is 5.91 Å². The summed E-state index contributed by atoms with van der Waals surface area (Å²) in [5.41, 5.74) is 6.42. The van der Waals surface area contributed by atoms with Crippen LogP contribution >= 0.6 is 0 Å². The molecule has 0 aliphatic carbocycles. The minimum Gasteiger partial charge on any atom is -0.337 e. The summed E-state index contributed by atoms with van der Waals surface area (Å²) in [6, 6.07) is 9.88. The Bertz CT molecular complexity index is 968. The minimum absolute atomic E-state index is 0.0183. The van der Waals surface area contributed by atoms with Crippen LogP contribution in [0.5, 0.6) is 0 Å². The number of rotatable bonds is 5. The zero-order chi connectivity index (χ0) is 19.7. The van der Waals surface area contributed by atoms with Crippen LogP contribution in [0.25, 0.3) is 5.69 Å². The van der Waals surface area contributed by atoms with Crippen molar-refractivity contribution < 1.29 is 4.79 Å². The molecule has 0 atom stereocenters. The van der Waals surface area contributed by atoms with E-state index in [2.05, 4.69) is 24.0 Å². The highest BCUT2D eigenvalue weighted by atomic mass is 16.2. The molecule has 27 heavy (non-hydrogen) atoms. The van der Waals surface area contributed by atoms with Crippen LogP contribution in [0.4, 0.5) is 0 Å². The van der Waals surface area contributed by atoms with Gasteiger partial charge in [0.15, 0.2) is 0 Å². The highest BCUT2D eigenvalue weighted by Gasteiger charge is 2.24. The number of hydrogen-bond donors (Lipinski definition) is 0. The summed E-state index contributed by atoms with van der Waals surface area (Å²) in [7, 11) is 1.84. The largest absolute Gasteiger partial charge is 0.337 e. The highest BCUT2D eigenvalue weighted by Crippen LogP contribution is 2.21. The number of aryl methyl sites for hydroxylation is 3. The maximum Gasteiger partial charge on any atom is 0.257 e. The first-order valence-electron chi connectivity index (χ1n) is 9.25. The summed E-state index contributed by atoms with van der Waals surface area (Å²) >= 11 is 0. The lowest BCUT2D eigenvalue weighted by molar-refractivity contribution is 0.0783. The quantitative estimate of drug-likeness (QED) is 0.694. The van der Waals surface area contributed by atoms with Crippen LogP contribution in [0, 0.1) is 27.7 Å². The molecule has 0 spiro atoms. The van der Waals surface area contributed by atoms with Crippen molar-refractivity contribution in [3.8, 4) is 5.69 Å². The average molecular weight is 365 g/mol. The molecule has 0 aliphatic rings. The lowest BCUT2D eigenvalue weighted by atomic mass is 10.1. The van der Waals surface area contributed by atoms with E-state index >= 15 is 0 Å². The van der Waals surface area contributed by atoms with Gasteiger partial charge in [-0.2, -0.15) is 10.2 Å². The zero-order valence-corrected chi connectivity index (χ0v) is 16.9. The van der Waals surface area contributed by atoms with E-state index in [9.17, 15) is 4.79 Å². The number of carbonyl (C=O) groups excluding carboxylic acids is 1. The maximum atomic E-state index is 13.2. The molecule has 1 aromatic carbocycles. The van der Waals surface area contributed by atoms with E-state index in [1.807, 2.05) is 67.5 Å². The highest BCUT2D eigenvalue weighted by molar-refractivity contribution is 5.96. The molecule has 6 nitrogen and oxygen atoms in total. The van der Waals surface area contributed by atoms with Crippen molar-refractivity contribution in [2.45, 2.75) is 47.7 Å². The summed E-state index contributed by atoms with van der Waals surface area (Å²) in [6.45, 7) is 11.3. The van der Waals surface area contributed by atoms with E-state index in [0.717, 1.165) is 40.6 Å². The second-order valence-corrected chi connectivity index (χ2v) is 6.92. The SMILES string of the molecule is CCn1nc(C)c(CN(C)C(=O)c2c(C)nn(-c3ccccc3)c2C)c1C. The molecule has 2 aromatic heterocycles. The van der Waals surface area contributed by atoms with Crippen LogP contribution in [-0.4, -0.2) is 37.4 Å². The molecule has 0 unspecified atom stereocenters. The molecule has 1 amide bonds. The summed E-state index contributed by atoms with van der Waals surface area (Å²) in [4.78, 5) is 14.9. The Hall–Kier alpha value is -2.89. The maximum absolute atomic E-state index is 13.2. The van der Waals surface area contributed by atoms with E-state index in [4.69, 9.17) is 0 Å². The molecule has 0 aliphatic heterocycles. The van der Waals surface area contributed by atoms with E-state index < -0.39 is 0 Å². The Labute approximate surface area is 160 Å². The molecule has 0 saturated heterocycles. The van der Waals surface area contributed by atoms with Crippen molar-refractivity contribution in [1.82, 2.24) is 24.5 Å². The number of carbonyl (C=O) groups is 1. The van der Waals surface area contributed by atoms with Gasteiger partial charge < -0.3 is 4.90 Å². The zero-order valence-electron chi connectivity index (χ0n) is 16.9. The van der Waals surface area contributed by atoms with Crippen LogP contribution < -0.4 is 0 Å². The van der Waals surface area contributed by atoms with Crippen LogP contribution in [0.15, 0.2) is 30.3 Å². The van der Waals surface area contributed by atoms with E-state index in [1.165, 1.54) is 0 Å². The number of hydrogen-bond acceptors (Lipinski definition) is 3. The number of aromatic nitrogens is 4. The molecule has 3 aromatic rings. The second kappa shape index (κ2) is 7.39. The average Bonchev–Trinajstić information content (AvgIpc) is 3.11. The van der Waals surface area contributed by atoms with Crippen LogP contribution in [-0.2, 0) is 13.1 Å². The van der Waals surface area contributed by atoms with Gasteiger partial charge in [0.1, 0.15) is 0 Å². The van der Waals surface area contributed by atoms with Crippen LogP contribution in [0.3, 0.4) is 0 Å². The number of nitrogens with zero attached hydrogens (tertiary/aromatic N) is 5. The topological polar surface area (TPSA) is 56.0 Å². The molecule has 0 saturated carbocycles. The first-order valence-corrected chi connectivity index (χ1v) is 9.25. The molecular weight excluding hydrogens is 338 g/mol. The third kappa shape index (κ3) is 3.39. The van der Waals surface area contributed by atoms with Crippen molar-refractivity contribution in [3.05, 3.63) is 64.2 Å². The first-order chi connectivity index (χ1) is 12.8. The summed E-state index contributed by atoms with van der Waals surface area (Å²) in [5, 5.41) is 9.15. The lowest BCUT2D eigenvalue weighted by Gasteiger charge is -2.18. The minimum atomic E-state index is -0.0183. The second-order valence-electron chi connectivity index (χ2n) is 6.92. The van der Waals surface area contributed by atoms with Gasteiger partial charge in [-0.1, -0.05) is 18.2 Å². The Morgan fingerprint density at radius 3 is 2.26 bits per heavy atom. The van der Waals surface area contributed by atoms with Crippen molar-refractivity contribution in [3.63, 3.8) is 0 Å². The Kier molecular flexibility index (Phi) is 5.17. The van der Waals surface area contributed by atoms with E-state index in [-0.39, 0.29) is 5.91 Å². The third-order valence-electron chi connectivity index (χ3n) is 5.08. The fourth-order valence-electron chi connectivity index (χ4n) is 3.54. The first kappa shape index (κ1) is 18.9. The number of amides is 1. The van der Waals surface area contributed by atoms with Gasteiger partial charge in [-0.05, 0) is 46.8 Å². The molecule has 0 N–H and O–H groups in total. The van der Waals surface area contributed by atoms with Gasteiger partial charge in [0, 0.05) is 31.4 Å². The number of para-hydroxylation sites is 1. The molecule has 0 bridgehead atoms. The monoisotopic (exact) mass is 365 g/mol.